The zero-order valence-corrected chi connectivity index (χ0v) is 14.6. The maximum absolute atomic E-state index is 12.2. The lowest BCUT2D eigenvalue weighted by Gasteiger charge is -2.38. The third-order valence-corrected chi connectivity index (χ3v) is 4.82. The van der Waals surface area contributed by atoms with Crippen molar-refractivity contribution in [2.75, 3.05) is 38.6 Å². The van der Waals surface area contributed by atoms with Gasteiger partial charge in [0, 0.05) is 37.2 Å². The molecule has 1 amide bonds. The minimum absolute atomic E-state index is 0.0574. The van der Waals surface area contributed by atoms with Crippen LogP contribution in [0.25, 0.3) is 0 Å². The first kappa shape index (κ1) is 16.2. The molecular weight excluding hydrogens is 290 g/mol. The highest BCUT2D eigenvalue weighted by Crippen LogP contribution is 2.28. The van der Waals surface area contributed by atoms with Crippen LogP contribution in [0.4, 0.5) is 5.82 Å². The second kappa shape index (κ2) is 6.43. The number of anilines is 1. The molecule has 0 spiro atoms. The number of hydrogen-bond acceptors (Lipinski definition) is 5. The van der Waals surface area contributed by atoms with Crippen molar-refractivity contribution in [3.05, 3.63) is 17.1 Å². The summed E-state index contributed by atoms with van der Waals surface area (Å²) >= 11 is 0. The molecule has 0 saturated carbocycles. The van der Waals surface area contributed by atoms with E-state index in [4.69, 9.17) is 4.98 Å². The van der Waals surface area contributed by atoms with Gasteiger partial charge in [-0.3, -0.25) is 4.79 Å². The van der Waals surface area contributed by atoms with Crippen LogP contribution in [-0.4, -0.2) is 60.5 Å². The summed E-state index contributed by atoms with van der Waals surface area (Å²) in [6.07, 6.45) is 3.19. The van der Waals surface area contributed by atoms with Gasteiger partial charge in [0.25, 0.3) is 5.91 Å². The molecule has 1 aromatic heterocycles. The SMILES string of the molecule is CC(C)c1nc2c(c(N3CCCC(N(C)C)C3)n1)CCNC2=O. The molecular formula is C17H27N5O. The third kappa shape index (κ3) is 3.17. The van der Waals surface area contributed by atoms with E-state index in [1.54, 1.807) is 0 Å². The lowest BCUT2D eigenvalue weighted by atomic mass is 10.0. The van der Waals surface area contributed by atoms with Gasteiger partial charge in [0.15, 0.2) is 0 Å². The first-order chi connectivity index (χ1) is 11.0. The van der Waals surface area contributed by atoms with Crippen molar-refractivity contribution in [2.24, 2.45) is 0 Å². The minimum atomic E-state index is -0.0574. The number of nitrogens with zero attached hydrogens (tertiary/aromatic N) is 4. The molecule has 2 aliphatic rings. The standard InChI is InChI=1S/C17H27N5O/c1-11(2)15-19-14-13(7-8-18-17(14)23)16(20-15)22-9-5-6-12(10-22)21(3)4/h11-12H,5-10H2,1-4H3,(H,18,23). The van der Waals surface area contributed by atoms with Gasteiger partial charge in [0.1, 0.15) is 17.3 Å². The summed E-state index contributed by atoms with van der Waals surface area (Å²) in [5.41, 5.74) is 1.61. The summed E-state index contributed by atoms with van der Waals surface area (Å²) in [6, 6.07) is 0.536. The molecule has 126 valence electrons. The normalized spacial score (nSPS) is 21.6. The van der Waals surface area contributed by atoms with Crippen LogP contribution >= 0.6 is 0 Å². The van der Waals surface area contributed by atoms with Gasteiger partial charge in [0.05, 0.1) is 0 Å². The zero-order valence-electron chi connectivity index (χ0n) is 14.6. The smallest absolute Gasteiger partial charge is 0.270 e. The Morgan fingerprint density at radius 2 is 2.09 bits per heavy atom. The van der Waals surface area contributed by atoms with Crippen molar-refractivity contribution in [1.29, 1.82) is 0 Å². The number of carbonyl (C=O) groups is 1. The molecule has 1 N–H and O–H groups in total. The number of nitrogens with one attached hydrogen (secondary N) is 1. The predicted octanol–water partition coefficient (Wildman–Crippen LogP) is 1.42. The van der Waals surface area contributed by atoms with Crippen LogP contribution < -0.4 is 10.2 Å². The molecule has 1 aromatic rings. The molecule has 0 aliphatic carbocycles. The van der Waals surface area contributed by atoms with E-state index >= 15 is 0 Å². The summed E-state index contributed by atoms with van der Waals surface area (Å²) in [7, 11) is 4.27. The Hall–Kier alpha value is -1.69. The second-order valence-electron chi connectivity index (χ2n) is 7.10. The van der Waals surface area contributed by atoms with Crippen LogP contribution in [0.5, 0.6) is 0 Å². The highest BCUT2D eigenvalue weighted by atomic mass is 16.1. The van der Waals surface area contributed by atoms with Gasteiger partial charge in [-0.15, -0.1) is 0 Å². The van der Waals surface area contributed by atoms with E-state index in [1.165, 1.54) is 6.42 Å². The van der Waals surface area contributed by atoms with Gasteiger partial charge < -0.3 is 15.1 Å². The number of fused-ring (bicyclic) bond motifs is 1. The number of amides is 1. The number of aromatic nitrogens is 2. The Kier molecular flexibility index (Phi) is 4.53. The monoisotopic (exact) mass is 317 g/mol. The Morgan fingerprint density at radius 3 is 2.78 bits per heavy atom. The van der Waals surface area contributed by atoms with Crippen molar-refractivity contribution in [1.82, 2.24) is 20.2 Å². The average molecular weight is 317 g/mol. The van der Waals surface area contributed by atoms with E-state index in [-0.39, 0.29) is 11.8 Å². The Morgan fingerprint density at radius 1 is 1.30 bits per heavy atom. The van der Waals surface area contributed by atoms with Gasteiger partial charge in [-0.1, -0.05) is 13.8 Å². The van der Waals surface area contributed by atoms with E-state index < -0.39 is 0 Å². The van der Waals surface area contributed by atoms with Crippen LogP contribution in [0.2, 0.25) is 0 Å². The molecule has 1 unspecified atom stereocenters. The fraction of sp³-hybridized carbons (Fsp3) is 0.706. The van der Waals surface area contributed by atoms with Crippen molar-refractivity contribution in [2.45, 2.75) is 45.1 Å². The molecule has 0 aromatic carbocycles. The van der Waals surface area contributed by atoms with E-state index in [2.05, 4.69) is 48.0 Å². The number of likely N-dealkylation sites (N-methyl/N-ethyl adjacent to an activating group) is 1. The van der Waals surface area contributed by atoms with Gasteiger partial charge in [-0.05, 0) is 33.4 Å². The predicted molar refractivity (Wildman–Crippen MR) is 91.1 cm³/mol. The van der Waals surface area contributed by atoms with Crippen molar-refractivity contribution >= 4 is 11.7 Å². The van der Waals surface area contributed by atoms with Crippen LogP contribution in [-0.2, 0) is 6.42 Å². The molecule has 3 rings (SSSR count). The summed E-state index contributed by atoms with van der Waals surface area (Å²) in [5, 5.41) is 2.91. The molecule has 3 heterocycles. The highest BCUT2D eigenvalue weighted by molar-refractivity contribution is 5.96. The topological polar surface area (TPSA) is 61.4 Å². The fourth-order valence-corrected chi connectivity index (χ4v) is 3.38. The number of carbonyl (C=O) groups excluding carboxylic acids is 1. The Labute approximate surface area is 138 Å². The molecule has 6 heteroatoms. The first-order valence-electron chi connectivity index (χ1n) is 8.57. The van der Waals surface area contributed by atoms with Crippen molar-refractivity contribution < 1.29 is 4.79 Å². The number of rotatable bonds is 3. The Balaban J connectivity index is 2.01. The summed E-state index contributed by atoms with van der Waals surface area (Å²) in [5.74, 6) is 1.91. The largest absolute Gasteiger partial charge is 0.355 e. The lowest BCUT2D eigenvalue weighted by Crippen LogP contribution is -2.46. The molecule has 6 nitrogen and oxygen atoms in total. The minimum Gasteiger partial charge on any atom is -0.355 e. The van der Waals surface area contributed by atoms with E-state index in [0.29, 0.717) is 18.3 Å². The van der Waals surface area contributed by atoms with Gasteiger partial charge in [0.2, 0.25) is 0 Å². The second-order valence-corrected chi connectivity index (χ2v) is 7.10. The van der Waals surface area contributed by atoms with E-state index in [0.717, 1.165) is 43.1 Å². The molecule has 1 atom stereocenters. The highest BCUT2D eigenvalue weighted by Gasteiger charge is 2.29. The molecule has 0 bridgehead atoms. The molecule has 23 heavy (non-hydrogen) atoms. The lowest BCUT2D eigenvalue weighted by molar-refractivity contribution is 0.0940. The van der Waals surface area contributed by atoms with Crippen LogP contribution in [0.1, 0.15) is 54.5 Å². The van der Waals surface area contributed by atoms with Crippen LogP contribution in [0, 0.1) is 0 Å². The quantitative estimate of drug-likeness (QED) is 0.913. The van der Waals surface area contributed by atoms with Crippen LogP contribution in [0.3, 0.4) is 0 Å². The van der Waals surface area contributed by atoms with Crippen LogP contribution in [0.15, 0.2) is 0 Å². The molecule has 2 aliphatic heterocycles. The fourth-order valence-electron chi connectivity index (χ4n) is 3.38. The number of piperidine rings is 1. The summed E-state index contributed by atoms with van der Waals surface area (Å²) in [6.45, 7) is 6.80. The summed E-state index contributed by atoms with van der Waals surface area (Å²) < 4.78 is 0. The maximum Gasteiger partial charge on any atom is 0.270 e. The van der Waals surface area contributed by atoms with Gasteiger partial charge >= 0.3 is 0 Å². The molecule has 1 saturated heterocycles. The van der Waals surface area contributed by atoms with E-state index in [9.17, 15) is 4.79 Å². The molecule has 0 radical (unpaired) electrons. The summed E-state index contributed by atoms with van der Waals surface area (Å²) in [4.78, 5) is 26.3. The Bertz CT molecular complexity index is 599. The third-order valence-electron chi connectivity index (χ3n) is 4.82. The zero-order chi connectivity index (χ0) is 16.6. The number of hydrogen-bond donors (Lipinski definition) is 1. The first-order valence-corrected chi connectivity index (χ1v) is 8.57. The maximum atomic E-state index is 12.2. The van der Waals surface area contributed by atoms with E-state index in [1.807, 2.05) is 0 Å². The van der Waals surface area contributed by atoms with Crippen molar-refractivity contribution in [3.8, 4) is 0 Å². The van der Waals surface area contributed by atoms with Gasteiger partial charge in [-0.2, -0.15) is 0 Å². The molecule has 1 fully saturated rings. The van der Waals surface area contributed by atoms with Crippen molar-refractivity contribution in [3.63, 3.8) is 0 Å². The average Bonchev–Trinajstić information content (AvgIpc) is 2.54. The van der Waals surface area contributed by atoms with Gasteiger partial charge in [-0.25, -0.2) is 9.97 Å².